The van der Waals surface area contributed by atoms with Gasteiger partial charge < -0.3 is 14.8 Å². The van der Waals surface area contributed by atoms with Crippen molar-refractivity contribution in [3.63, 3.8) is 0 Å². The number of hydrogen-bond donors (Lipinski definition) is 1. The summed E-state index contributed by atoms with van der Waals surface area (Å²) >= 11 is 0. The summed E-state index contributed by atoms with van der Waals surface area (Å²) in [7, 11) is 0. The molecule has 24 heavy (non-hydrogen) atoms. The molecule has 1 amide bonds. The largest absolute Gasteiger partial charge is 0.492 e. The summed E-state index contributed by atoms with van der Waals surface area (Å²) in [5.74, 6) is 0.0691. The zero-order valence-corrected chi connectivity index (χ0v) is 13.9. The Morgan fingerprint density at radius 3 is 2.54 bits per heavy atom. The third-order valence-electron chi connectivity index (χ3n) is 3.46. The molecule has 0 saturated heterocycles. The zero-order valence-electron chi connectivity index (χ0n) is 13.9. The van der Waals surface area contributed by atoms with Gasteiger partial charge in [-0.2, -0.15) is 0 Å². The number of rotatable bonds is 8. The molecule has 0 radical (unpaired) electrons. The van der Waals surface area contributed by atoms with E-state index < -0.39 is 11.9 Å². The summed E-state index contributed by atoms with van der Waals surface area (Å²) in [6, 6.07) is 13.7. The molecule has 0 heterocycles. The highest BCUT2D eigenvalue weighted by Gasteiger charge is 2.19. The Labute approximate surface area is 141 Å². The number of halogens is 1. The lowest BCUT2D eigenvalue weighted by Crippen LogP contribution is -2.39. The molecule has 0 spiro atoms. The number of ether oxygens (including phenoxy) is 2. The van der Waals surface area contributed by atoms with Crippen LogP contribution in [0, 0.1) is 12.7 Å². The standard InChI is InChI=1S/C19H22FNO3/c1-3-17(24-18-7-5-4-6-16(18)20)19(22)21-12-13-23-15-10-8-14(2)9-11-15/h4-11,17H,3,12-13H2,1-2H3,(H,21,22)/t17-/m0/s1. The average Bonchev–Trinajstić information content (AvgIpc) is 2.59. The van der Waals surface area contributed by atoms with Crippen molar-refractivity contribution in [3.05, 3.63) is 59.9 Å². The fourth-order valence-electron chi connectivity index (χ4n) is 2.11. The van der Waals surface area contributed by atoms with E-state index in [4.69, 9.17) is 9.47 Å². The summed E-state index contributed by atoms with van der Waals surface area (Å²) in [4.78, 5) is 12.1. The van der Waals surface area contributed by atoms with Crippen molar-refractivity contribution in [2.45, 2.75) is 26.4 Å². The fraction of sp³-hybridized carbons (Fsp3) is 0.316. The molecule has 2 rings (SSSR count). The molecule has 0 aliphatic rings. The van der Waals surface area contributed by atoms with Gasteiger partial charge in [-0.25, -0.2) is 4.39 Å². The number of benzene rings is 2. The van der Waals surface area contributed by atoms with E-state index in [0.29, 0.717) is 19.6 Å². The minimum Gasteiger partial charge on any atom is -0.492 e. The number of nitrogens with one attached hydrogen (secondary N) is 1. The van der Waals surface area contributed by atoms with Gasteiger partial charge in [0.25, 0.3) is 5.91 Å². The molecule has 0 bridgehead atoms. The molecule has 0 aliphatic carbocycles. The number of carbonyl (C=O) groups is 1. The number of hydrogen-bond acceptors (Lipinski definition) is 3. The Hall–Kier alpha value is -2.56. The molecule has 0 aliphatic heterocycles. The van der Waals surface area contributed by atoms with E-state index in [-0.39, 0.29) is 11.7 Å². The lowest BCUT2D eigenvalue weighted by molar-refractivity contribution is -0.128. The maximum absolute atomic E-state index is 13.6. The van der Waals surface area contributed by atoms with Gasteiger partial charge >= 0.3 is 0 Å². The van der Waals surface area contributed by atoms with Crippen molar-refractivity contribution >= 4 is 5.91 Å². The second-order valence-corrected chi connectivity index (χ2v) is 5.40. The van der Waals surface area contributed by atoms with Crippen LogP contribution in [0.2, 0.25) is 0 Å². The van der Waals surface area contributed by atoms with Crippen molar-refractivity contribution < 1.29 is 18.7 Å². The SMILES string of the molecule is CC[C@H](Oc1ccccc1F)C(=O)NCCOc1ccc(C)cc1. The molecule has 0 aromatic heterocycles. The van der Waals surface area contributed by atoms with Crippen molar-refractivity contribution in [1.29, 1.82) is 0 Å². The van der Waals surface area contributed by atoms with Crippen LogP contribution in [0.5, 0.6) is 11.5 Å². The first kappa shape index (κ1) is 17.8. The normalized spacial score (nSPS) is 11.6. The number of carbonyl (C=O) groups excluding carboxylic acids is 1. The molecule has 4 nitrogen and oxygen atoms in total. The van der Waals surface area contributed by atoms with Gasteiger partial charge in [0.15, 0.2) is 17.7 Å². The molecule has 5 heteroatoms. The lowest BCUT2D eigenvalue weighted by atomic mass is 10.2. The van der Waals surface area contributed by atoms with Crippen LogP contribution in [0.25, 0.3) is 0 Å². The first-order valence-electron chi connectivity index (χ1n) is 7.98. The quantitative estimate of drug-likeness (QED) is 0.753. The predicted molar refractivity (Wildman–Crippen MR) is 90.8 cm³/mol. The third kappa shape index (κ3) is 5.26. The number of para-hydroxylation sites is 1. The Balaban J connectivity index is 1.77. The van der Waals surface area contributed by atoms with Gasteiger partial charge in [0, 0.05) is 0 Å². The molecule has 0 unspecified atom stereocenters. The molecule has 1 N–H and O–H groups in total. The van der Waals surface area contributed by atoms with Gasteiger partial charge in [-0.15, -0.1) is 0 Å². The first-order chi connectivity index (χ1) is 11.6. The van der Waals surface area contributed by atoms with Gasteiger partial charge in [0.1, 0.15) is 12.4 Å². The molecule has 0 fully saturated rings. The van der Waals surface area contributed by atoms with Crippen LogP contribution in [-0.2, 0) is 4.79 Å². The predicted octanol–water partition coefficient (Wildman–Crippen LogP) is 3.49. The van der Waals surface area contributed by atoms with E-state index in [9.17, 15) is 9.18 Å². The van der Waals surface area contributed by atoms with Crippen LogP contribution < -0.4 is 14.8 Å². The summed E-state index contributed by atoms with van der Waals surface area (Å²) in [5.41, 5.74) is 1.16. The van der Waals surface area contributed by atoms with E-state index in [1.54, 1.807) is 12.1 Å². The Bertz CT molecular complexity index is 658. The molecule has 1 atom stereocenters. The summed E-state index contributed by atoms with van der Waals surface area (Å²) in [5, 5.41) is 2.74. The van der Waals surface area contributed by atoms with E-state index in [1.807, 2.05) is 38.1 Å². The van der Waals surface area contributed by atoms with Gasteiger partial charge in [0.05, 0.1) is 6.54 Å². The van der Waals surface area contributed by atoms with E-state index in [1.165, 1.54) is 12.1 Å². The van der Waals surface area contributed by atoms with E-state index in [2.05, 4.69) is 5.32 Å². The van der Waals surface area contributed by atoms with Crippen LogP contribution in [0.1, 0.15) is 18.9 Å². The van der Waals surface area contributed by atoms with E-state index >= 15 is 0 Å². The van der Waals surface area contributed by atoms with Crippen LogP contribution >= 0.6 is 0 Å². The minimum absolute atomic E-state index is 0.0791. The maximum Gasteiger partial charge on any atom is 0.261 e. The Kier molecular flexibility index (Phi) is 6.61. The number of amides is 1. The first-order valence-corrected chi connectivity index (χ1v) is 7.98. The second kappa shape index (κ2) is 8.91. The van der Waals surface area contributed by atoms with Crippen molar-refractivity contribution in [2.24, 2.45) is 0 Å². The van der Waals surface area contributed by atoms with Crippen molar-refractivity contribution in [2.75, 3.05) is 13.2 Å². The zero-order chi connectivity index (χ0) is 17.4. The average molecular weight is 331 g/mol. The molecule has 0 saturated carbocycles. The van der Waals surface area contributed by atoms with Crippen LogP contribution in [0.3, 0.4) is 0 Å². The second-order valence-electron chi connectivity index (χ2n) is 5.40. The molecule has 2 aromatic rings. The van der Waals surface area contributed by atoms with Gasteiger partial charge in [0.2, 0.25) is 0 Å². The van der Waals surface area contributed by atoms with Gasteiger partial charge in [-0.3, -0.25) is 4.79 Å². The van der Waals surface area contributed by atoms with Crippen LogP contribution in [0.15, 0.2) is 48.5 Å². The smallest absolute Gasteiger partial charge is 0.261 e. The lowest BCUT2D eigenvalue weighted by Gasteiger charge is -2.17. The Morgan fingerprint density at radius 2 is 1.88 bits per heavy atom. The molecular weight excluding hydrogens is 309 g/mol. The van der Waals surface area contributed by atoms with E-state index in [0.717, 1.165) is 11.3 Å². The van der Waals surface area contributed by atoms with Crippen LogP contribution in [-0.4, -0.2) is 25.2 Å². The summed E-state index contributed by atoms with van der Waals surface area (Å²) in [6.45, 7) is 4.52. The third-order valence-corrected chi connectivity index (χ3v) is 3.46. The van der Waals surface area contributed by atoms with Gasteiger partial charge in [-0.1, -0.05) is 36.8 Å². The molecule has 128 valence electrons. The summed E-state index contributed by atoms with van der Waals surface area (Å²) in [6.07, 6.45) is -0.291. The highest BCUT2D eigenvalue weighted by Crippen LogP contribution is 2.18. The van der Waals surface area contributed by atoms with Crippen LogP contribution in [0.4, 0.5) is 4.39 Å². The van der Waals surface area contributed by atoms with Gasteiger partial charge in [-0.05, 0) is 37.6 Å². The highest BCUT2D eigenvalue weighted by atomic mass is 19.1. The number of aryl methyl sites for hydroxylation is 1. The van der Waals surface area contributed by atoms with Crippen molar-refractivity contribution in [1.82, 2.24) is 5.32 Å². The Morgan fingerprint density at radius 1 is 1.17 bits per heavy atom. The summed E-state index contributed by atoms with van der Waals surface area (Å²) < 4.78 is 24.6. The highest BCUT2D eigenvalue weighted by molar-refractivity contribution is 5.81. The maximum atomic E-state index is 13.6. The van der Waals surface area contributed by atoms with Crippen molar-refractivity contribution in [3.8, 4) is 11.5 Å². The molecule has 2 aromatic carbocycles. The molecular formula is C19H22FNO3. The topological polar surface area (TPSA) is 47.6 Å². The fourth-order valence-corrected chi connectivity index (χ4v) is 2.11. The minimum atomic E-state index is -0.735. The monoisotopic (exact) mass is 331 g/mol.